The zero-order chi connectivity index (χ0) is 14.1. The second kappa shape index (κ2) is 5.17. The summed E-state index contributed by atoms with van der Waals surface area (Å²) in [5, 5.41) is 15.0. The van der Waals surface area contributed by atoms with Gasteiger partial charge in [-0.15, -0.1) is 11.3 Å². The number of benzene rings is 1. The van der Waals surface area contributed by atoms with Crippen LogP contribution in [0.15, 0.2) is 29.6 Å². The molecule has 104 valence electrons. The third kappa shape index (κ3) is 2.14. The molecular formula is C15H15NO3S. The van der Waals surface area contributed by atoms with Crippen LogP contribution in [0.5, 0.6) is 5.75 Å². The third-order valence-corrected chi connectivity index (χ3v) is 4.59. The molecule has 5 heteroatoms. The molecule has 0 saturated heterocycles. The first-order chi connectivity index (χ1) is 9.70. The van der Waals surface area contributed by atoms with Gasteiger partial charge in [0.05, 0.1) is 12.2 Å². The summed E-state index contributed by atoms with van der Waals surface area (Å²) in [7, 11) is 1.74. The van der Waals surface area contributed by atoms with Crippen molar-refractivity contribution in [2.24, 2.45) is 0 Å². The van der Waals surface area contributed by atoms with Gasteiger partial charge in [-0.3, -0.25) is 0 Å². The lowest BCUT2D eigenvalue weighted by Crippen LogP contribution is -2.20. The van der Waals surface area contributed by atoms with E-state index in [1.54, 1.807) is 7.05 Å². The largest absolute Gasteiger partial charge is 0.493 e. The SMILES string of the molecule is CNc1scc(C2COc3ccccc3C2)c1C(=O)O. The number of aromatic carboxylic acids is 1. The van der Waals surface area contributed by atoms with E-state index in [-0.39, 0.29) is 5.92 Å². The van der Waals surface area contributed by atoms with E-state index < -0.39 is 5.97 Å². The molecule has 0 amide bonds. The maximum atomic E-state index is 11.5. The van der Waals surface area contributed by atoms with Crippen molar-refractivity contribution in [2.75, 3.05) is 19.0 Å². The van der Waals surface area contributed by atoms with Gasteiger partial charge in [-0.2, -0.15) is 0 Å². The smallest absolute Gasteiger partial charge is 0.338 e. The zero-order valence-electron chi connectivity index (χ0n) is 11.1. The molecule has 0 bridgehead atoms. The highest BCUT2D eigenvalue weighted by Gasteiger charge is 2.28. The number of carbonyl (C=O) groups is 1. The molecule has 0 fully saturated rings. The van der Waals surface area contributed by atoms with Gasteiger partial charge in [0.15, 0.2) is 0 Å². The number of fused-ring (bicyclic) bond motifs is 1. The number of hydrogen-bond donors (Lipinski definition) is 2. The van der Waals surface area contributed by atoms with Crippen LogP contribution >= 0.6 is 11.3 Å². The lowest BCUT2D eigenvalue weighted by atomic mass is 9.89. The summed E-state index contributed by atoms with van der Waals surface area (Å²) >= 11 is 1.43. The Bertz CT molecular complexity index is 650. The third-order valence-electron chi connectivity index (χ3n) is 3.58. The lowest BCUT2D eigenvalue weighted by Gasteiger charge is -2.25. The summed E-state index contributed by atoms with van der Waals surface area (Å²) in [4.78, 5) is 11.5. The summed E-state index contributed by atoms with van der Waals surface area (Å²) < 4.78 is 5.76. The van der Waals surface area contributed by atoms with Crippen LogP contribution < -0.4 is 10.1 Å². The number of thiophene rings is 1. The van der Waals surface area contributed by atoms with Gasteiger partial charge < -0.3 is 15.2 Å². The molecule has 2 aromatic rings. The summed E-state index contributed by atoms with van der Waals surface area (Å²) in [6, 6.07) is 7.92. The number of ether oxygens (including phenoxy) is 1. The molecule has 1 aromatic heterocycles. The molecule has 3 rings (SSSR count). The fourth-order valence-corrected chi connectivity index (χ4v) is 3.60. The second-order valence-corrected chi connectivity index (χ2v) is 5.65. The van der Waals surface area contributed by atoms with Crippen LogP contribution in [0, 0.1) is 0 Å². The molecule has 1 aliphatic heterocycles. The summed E-state index contributed by atoms with van der Waals surface area (Å²) in [5.41, 5.74) is 2.38. The van der Waals surface area contributed by atoms with Gasteiger partial charge in [0.1, 0.15) is 10.8 Å². The van der Waals surface area contributed by atoms with E-state index in [9.17, 15) is 9.90 Å². The van der Waals surface area contributed by atoms with Crippen molar-refractivity contribution < 1.29 is 14.6 Å². The molecule has 1 atom stereocenters. The van der Waals surface area contributed by atoms with Gasteiger partial charge >= 0.3 is 5.97 Å². The van der Waals surface area contributed by atoms with Crippen LogP contribution in [0.3, 0.4) is 0 Å². The van der Waals surface area contributed by atoms with Gasteiger partial charge in [0.25, 0.3) is 0 Å². The van der Waals surface area contributed by atoms with Crippen molar-refractivity contribution in [1.82, 2.24) is 0 Å². The predicted octanol–water partition coefficient (Wildman–Crippen LogP) is 3.21. The van der Waals surface area contributed by atoms with E-state index in [1.807, 2.05) is 29.6 Å². The predicted molar refractivity (Wildman–Crippen MR) is 79.2 cm³/mol. The first kappa shape index (κ1) is 13.0. The van der Waals surface area contributed by atoms with E-state index in [0.717, 1.165) is 23.3 Å². The van der Waals surface area contributed by atoms with E-state index in [0.29, 0.717) is 17.2 Å². The minimum Gasteiger partial charge on any atom is -0.493 e. The number of para-hydroxylation sites is 1. The zero-order valence-corrected chi connectivity index (χ0v) is 11.9. The van der Waals surface area contributed by atoms with Crippen molar-refractivity contribution in [2.45, 2.75) is 12.3 Å². The highest BCUT2D eigenvalue weighted by Crippen LogP contribution is 2.38. The van der Waals surface area contributed by atoms with Crippen LogP contribution in [0.1, 0.15) is 27.4 Å². The maximum Gasteiger partial charge on any atom is 0.338 e. The molecule has 0 saturated carbocycles. The van der Waals surface area contributed by atoms with E-state index in [4.69, 9.17) is 4.74 Å². The van der Waals surface area contributed by atoms with E-state index in [1.165, 1.54) is 11.3 Å². The van der Waals surface area contributed by atoms with Crippen LogP contribution in [0.25, 0.3) is 0 Å². The molecule has 1 aromatic carbocycles. The Labute approximate surface area is 121 Å². The molecule has 4 nitrogen and oxygen atoms in total. The van der Waals surface area contributed by atoms with Crippen LogP contribution in [-0.4, -0.2) is 24.7 Å². The first-order valence-electron chi connectivity index (χ1n) is 6.44. The molecular weight excluding hydrogens is 274 g/mol. The number of carboxylic acid groups (broad SMARTS) is 1. The number of carboxylic acids is 1. The highest BCUT2D eigenvalue weighted by atomic mass is 32.1. The van der Waals surface area contributed by atoms with E-state index in [2.05, 4.69) is 5.32 Å². The lowest BCUT2D eigenvalue weighted by molar-refractivity contribution is 0.0696. The summed E-state index contributed by atoms with van der Waals surface area (Å²) in [6.07, 6.45) is 0.816. The molecule has 1 unspecified atom stereocenters. The molecule has 0 radical (unpaired) electrons. The van der Waals surface area contributed by atoms with Gasteiger partial charge in [-0.25, -0.2) is 4.79 Å². The van der Waals surface area contributed by atoms with E-state index >= 15 is 0 Å². The average Bonchev–Trinajstić information content (AvgIpc) is 2.91. The molecule has 2 N–H and O–H groups in total. The summed E-state index contributed by atoms with van der Waals surface area (Å²) in [6.45, 7) is 0.525. The molecule has 0 aliphatic carbocycles. The van der Waals surface area contributed by atoms with Crippen molar-refractivity contribution in [1.29, 1.82) is 0 Å². The Kier molecular flexibility index (Phi) is 3.36. The Morgan fingerprint density at radius 2 is 2.25 bits per heavy atom. The Hall–Kier alpha value is -2.01. The van der Waals surface area contributed by atoms with Crippen LogP contribution in [0.2, 0.25) is 0 Å². The summed E-state index contributed by atoms with van der Waals surface area (Å²) in [5.74, 6) is 0.114. The normalized spacial score (nSPS) is 17.1. The number of nitrogens with one attached hydrogen (secondary N) is 1. The Balaban J connectivity index is 1.96. The number of anilines is 1. The quantitative estimate of drug-likeness (QED) is 0.911. The Morgan fingerprint density at radius 1 is 1.45 bits per heavy atom. The molecule has 20 heavy (non-hydrogen) atoms. The number of hydrogen-bond acceptors (Lipinski definition) is 4. The average molecular weight is 289 g/mol. The standard InChI is InChI=1S/C15H15NO3S/c1-16-14-13(15(17)18)11(8-20-14)10-6-9-4-2-3-5-12(9)19-7-10/h2-5,8,10,16H,6-7H2,1H3,(H,17,18). The van der Waals surface area contributed by atoms with Crippen molar-refractivity contribution in [3.8, 4) is 5.75 Å². The minimum absolute atomic E-state index is 0.0920. The van der Waals surface area contributed by atoms with Crippen LogP contribution in [0.4, 0.5) is 5.00 Å². The van der Waals surface area contributed by atoms with Crippen molar-refractivity contribution in [3.63, 3.8) is 0 Å². The fraction of sp³-hybridized carbons (Fsp3) is 0.267. The molecule has 1 aliphatic rings. The monoisotopic (exact) mass is 289 g/mol. The van der Waals surface area contributed by atoms with Crippen molar-refractivity contribution in [3.05, 3.63) is 46.3 Å². The highest BCUT2D eigenvalue weighted by molar-refractivity contribution is 7.14. The minimum atomic E-state index is -0.885. The van der Waals surface area contributed by atoms with Gasteiger partial charge in [-0.1, -0.05) is 18.2 Å². The number of rotatable bonds is 3. The van der Waals surface area contributed by atoms with Crippen LogP contribution in [-0.2, 0) is 6.42 Å². The molecule has 2 heterocycles. The fourth-order valence-electron chi connectivity index (χ4n) is 2.60. The topological polar surface area (TPSA) is 58.6 Å². The van der Waals surface area contributed by atoms with Crippen molar-refractivity contribution >= 4 is 22.3 Å². The second-order valence-electron chi connectivity index (χ2n) is 4.77. The molecule has 0 spiro atoms. The van der Waals surface area contributed by atoms with Gasteiger partial charge in [-0.05, 0) is 29.0 Å². The Morgan fingerprint density at radius 3 is 3.00 bits per heavy atom. The van der Waals surface area contributed by atoms with Gasteiger partial charge in [0.2, 0.25) is 0 Å². The maximum absolute atomic E-state index is 11.5. The first-order valence-corrected chi connectivity index (χ1v) is 7.31. The van der Waals surface area contributed by atoms with Gasteiger partial charge in [0, 0.05) is 13.0 Å².